The van der Waals surface area contributed by atoms with Crippen LogP contribution in [0, 0.1) is 0 Å². The minimum Gasteiger partial charge on any atom is -0.501 e. The SMILES string of the molecule is CCOc1oc(N(C)C)c(-c2cc(Cl)cc(C(F)(F)F)c2)c1O. The smallest absolute Gasteiger partial charge is 0.416 e. The highest BCUT2D eigenvalue weighted by molar-refractivity contribution is 6.31. The monoisotopic (exact) mass is 349 g/mol. The van der Waals surface area contributed by atoms with Gasteiger partial charge in [-0.1, -0.05) is 11.6 Å². The summed E-state index contributed by atoms with van der Waals surface area (Å²) < 4.78 is 49.5. The molecule has 8 heteroatoms. The van der Waals surface area contributed by atoms with Gasteiger partial charge in [0, 0.05) is 19.1 Å². The van der Waals surface area contributed by atoms with E-state index in [-0.39, 0.29) is 40.3 Å². The Morgan fingerprint density at radius 3 is 2.43 bits per heavy atom. The summed E-state index contributed by atoms with van der Waals surface area (Å²) in [5.41, 5.74) is -0.740. The van der Waals surface area contributed by atoms with E-state index in [1.807, 2.05) is 0 Å². The van der Waals surface area contributed by atoms with E-state index >= 15 is 0 Å². The minimum atomic E-state index is -4.56. The van der Waals surface area contributed by atoms with Gasteiger partial charge in [-0.15, -0.1) is 0 Å². The van der Waals surface area contributed by atoms with E-state index in [1.54, 1.807) is 21.0 Å². The van der Waals surface area contributed by atoms with Gasteiger partial charge in [0.05, 0.1) is 17.7 Å². The van der Waals surface area contributed by atoms with Gasteiger partial charge in [0.15, 0.2) is 0 Å². The lowest BCUT2D eigenvalue weighted by Gasteiger charge is -2.13. The first-order valence-corrected chi connectivity index (χ1v) is 7.07. The molecule has 0 saturated carbocycles. The Balaban J connectivity index is 2.68. The van der Waals surface area contributed by atoms with Crippen molar-refractivity contribution in [2.45, 2.75) is 13.1 Å². The van der Waals surface area contributed by atoms with Gasteiger partial charge >= 0.3 is 12.1 Å². The summed E-state index contributed by atoms with van der Waals surface area (Å²) in [6.07, 6.45) is -4.56. The fourth-order valence-corrected chi connectivity index (χ4v) is 2.33. The molecule has 1 aromatic carbocycles. The lowest BCUT2D eigenvalue weighted by atomic mass is 10.0. The highest BCUT2D eigenvalue weighted by Crippen LogP contribution is 2.48. The van der Waals surface area contributed by atoms with Crippen LogP contribution in [0.15, 0.2) is 22.6 Å². The lowest BCUT2D eigenvalue weighted by molar-refractivity contribution is -0.137. The number of alkyl halides is 3. The summed E-state index contributed by atoms with van der Waals surface area (Å²) in [4.78, 5) is 1.52. The standard InChI is InChI=1S/C15H15ClF3NO3/c1-4-22-14-12(21)11(13(23-14)20(2)3)8-5-9(15(17,18)19)7-10(16)6-8/h5-7,21H,4H2,1-3H3. The Hall–Kier alpha value is -2.02. The second kappa shape index (κ2) is 6.23. The molecule has 0 bridgehead atoms. The maximum absolute atomic E-state index is 13.0. The zero-order valence-electron chi connectivity index (χ0n) is 12.7. The number of aromatic hydroxyl groups is 1. The number of ether oxygens (including phenoxy) is 1. The number of hydrogen-bond acceptors (Lipinski definition) is 4. The molecule has 4 nitrogen and oxygen atoms in total. The molecule has 1 N–H and O–H groups in total. The summed E-state index contributed by atoms with van der Waals surface area (Å²) in [6, 6.07) is 3.05. The Morgan fingerprint density at radius 1 is 1.26 bits per heavy atom. The number of benzene rings is 1. The number of nitrogens with zero attached hydrogens (tertiary/aromatic N) is 1. The van der Waals surface area contributed by atoms with Gasteiger partial charge in [0.25, 0.3) is 0 Å². The topological polar surface area (TPSA) is 45.8 Å². The summed E-state index contributed by atoms with van der Waals surface area (Å²) in [6.45, 7) is 1.93. The van der Waals surface area contributed by atoms with E-state index in [0.717, 1.165) is 12.1 Å². The van der Waals surface area contributed by atoms with Crippen molar-refractivity contribution >= 4 is 17.5 Å². The first kappa shape index (κ1) is 17.3. The van der Waals surface area contributed by atoms with Crippen LogP contribution in [0.3, 0.4) is 0 Å². The molecule has 0 spiro atoms. The summed E-state index contributed by atoms with van der Waals surface area (Å²) in [7, 11) is 3.26. The fraction of sp³-hybridized carbons (Fsp3) is 0.333. The van der Waals surface area contributed by atoms with Crippen LogP contribution in [-0.4, -0.2) is 25.8 Å². The predicted molar refractivity (Wildman–Crippen MR) is 81.3 cm³/mol. The summed E-state index contributed by atoms with van der Waals surface area (Å²) in [5, 5.41) is 10.2. The van der Waals surface area contributed by atoms with Gasteiger partial charge in [-0.05, 0) is 30.7 Å². The van der Waals surface area contributed by atoms with E-state index in [4.69, 9.17) is 20.8 Å². The molecule has 0 atom stereocenters. The first-order valence-electron chi connectivity index (χ1n) is 6.69. The summed E-state index contributed by atoms with van der Waals surface area (Å²) in [5.74, 6) is -0.355. The van der Waals surface area contributed by atoms with Crippen molar-refractivity contribution in [2.24, 2.45) is 0 Å². The number of rotatable bonds is 4. The van der Waals surface area contributed by atoms with Gasteiger partial charge in [0.1, 0.15) is 0 Å². The third-order valence-corrected chi connectivity index (χ3v) is 3.25. The van der Waals surface area contributed by atoms with Crippen molar-refractivity contribution in [1.82, 2.24) is 0 Å². The average Bonchev–Trinajstić information content (AvgIpc) is 2.75. The van der Waals surface area contributed by atoms with E-state index in [2.05, 4.69) is 0 Å². The highest BCUT2D eigenvalue weighted by Gasteiger charge is 2.33. The van der Waals surface area contributed by atoms with Crippen LogP contribution in [0.1, 0.15) is 12.5 Å². The van der Waals surface area contributed by atoms with Crippen molar-refractivity contribution in [1.29, 1.82) is 0 Å². The quantitative estimate of drug-likeness (QED) is 0.862. The molecule has 1 heterocycles. The Labute approximate surface area is 136 Å². The number of furan rings is 1. The van der Waals surface area contributed by atoms with Crippen LogP contribution >= 0.6 is 11.6 Å². The molecule has 0 fully saturated rings. The Kier molecular flexibility index (Phi) is 4.70. The molecule has 0 saturated heterocycles. The number of hydrogen-bond donors (Lipinski definition) is 1. The van der Waals surface area contributed by atoms with Gasteiger partial charge in [-0.3, -0.25) is 0 Å². The molecular formula is C15H15ClF3NO3. The van der Waals surface area contributed by atoms with E-state index in [1.165, 1.54) is 11.0 Å². The van der Waals surface area contributed by atoms with Crippen LogP contribution in [0.4, 0.5) is 19.1 Å². The highest BCUT2D eigenvalue weighted by atomic mass is 35.5. The van der Waals surface area contributed by atoms with Crippen molar-refractivity contribution in [3.05, 3.63) is 28.8 Å². The van der Waals surface area contributed by atoms with Gasteiger partial charge in [0.2, 0.25) is 11.6 Å². The molecule has 2 rings (SSSR count). The first-order chi connectivity index (χ1) is 10.6. The molecule has 1 aromatic heterocycles. The molecule has 23 heavy (non-hydrogen) atoms. The van der Waals surface area contributed by atoms with Crippen LogP contribution < -0.4 is 9.64 Å². The average molecular weight is 350 g/mol. The van der Waals surface area contributed by atoms with Crippen molar-refractivity contribution in [3.63, 3.8) is 0 Å². The van der Waals surface area contributed by atoms with E-state index < -0.39 is 11.7 Å². The third kappa shape index (κ3) is 3.50. The number of anilines is 1. The van der Waals surface area contributed by atoms with Crippen LogP contribution in [0.2, 0.25) is 5.02 Å². The molecule has 126 valence electrons. The maximum atomic E-state index is 13.0. The van der Waals surface area contributed by atoms with Gasteiger partial charge in [-0.2, -0.15) is 13.2 Å². The van der Waals surface area contributed by atoms with E-state index in [0.29, 0.717) is 0 Å². The van der Waals surface area contributed by atoms with Crippen molar-refractivity contribution in [3.8, 4) is 22.8 Å². The molecule has 0 aliphatic rings. The van der Waals surface area contributed by atoms with Crippen molar-refractivity contribution in [2.75, 3.05) is 25.6 Å². The lowest BCUT2D eigenvalue weighted by Crippen LogP contribution is -2.09. The van der Waals surface area contributed by atoms with Crippen LogP contribution in [-0.2, 0) is 6.18 Å². The molecule has 0 unspecified atom stereocenters. The van der Waals surface area contributed by atoms with Crippen molar-refractivity contribution < 1.29 is 27.4 Å². The zero-order valence-corrected chi connectivity index (χ0v) is 13.4. The molecule has 0 aliphatic heterocycles. The molecule has 0 radical (unpaired) electrons. The molecular weight excluding hydrogens is 335 g/mol. The second-order valence-electron chi connectivity index (χ2n) is 4.97. The maximum Gasteiger partial charge on any atom is 0.416 e. The third-order valence-electron chi connectivity index (χ3n) is 3.03. The largest absolute Gasteiger partial charge is 0.501 e. The fourth-order valence-electron chi connectivity index (χ4n) is 2.09. The Bertz CT molecular complexity index is 711. The normalized spacial score (nSPS) is 11.6. The molecule has 2 aromatic rings. The molecule has 0 amide bonds. The Morgan fingerprint density at radius 2 is 1.91 bits per heavy atom. The predicted octanol–water partition coefficient (Wildman–Crippen LogP) is 4.79. The second-order valence-corrected chi connectivity index (χ2v) is 5.41. The number of halogens is 4. The minimum absolute atomic E-state index is 0.0840. The van der Waals surface area contributed by atoms with Gasteiger partial charge < -0.3 is 19.2 Å². The molecule has 0 aliphatic carbocycles. The van der Waals surface area contributed by atoms with E-state index in [9.17, 15) is 18.3 Å². The summed E-state index contributed by atoms with van der Waals surface area (Å²) >= 11 is 5.80. The van der Waals surface area contributed by atoms with Crippen LogP contribution in [0.5, 0.6) is 11.7 Å². The van der Waals surface area contributed by atoms with Crippen LogP contribution in [0.25, 0.3) is 11.1 Å². The zero-order chi connectivity index (χ0) is 17.4. The van der Waals surface area contributed by atoms with Gasteiger partial charge in [-0.25, -0.2) is 0 Å².